The van der Waals surface area contributed by atoms with Crippen LogP contribution in [0.25, 0.3) is 6.08 Å². The van der Waals surface area contributed by atoms with Crippen LogP contribution in [0.4, 0.5) is 4.39 Å². The van der Waals surface area contributed by atoms with Crippen LogP contribution in [-0.2, 0) is 9.59 Å². The van der Waals surface area contributed by atoms with E-state index in [1.807, 2.05) is 0 Å². The van der Waals surface area contributed by atoms with Crippen molar-refractivity contribution in [3.63, 3.8) is 0 Å². The van der Waals surface area contributed by atoms with Crippen molar-refractivity contribution in [3.8, 4) is 17.2 Å². The number of rotatable bonds is 5. The van der Waals surface area contributed by atoms with Crippen molar-refractivity contribution in [3.05, 3.63) is 59.9 Å². The lowest BCUT2D eigenvalue weighted by Gasteiger charge is -2.18. The van der Waals surface area contributed by atoms with Crippen LogP contribution in [0.15, 0.2) is 48.5 Å². The van der Waals surface area contributed by atoms with E-state index in [0.717, 1.165) is 5.56 Å². The number of benzene rings is 2. The zero-order valence-electron chi connectivity index (χ0n) is 15.1. The molecule has 28 heavy (non-hydrogen) atoms. The van der Waals surface area contributed by atoms with Gasteiger partial charge >= 0.3 is 0 Å². The van der Waals surface area contributed by atoms with E-state index in [2.05, 4.69) is 10.9 Å². The van der Waals surface area contributed by atoms with Crippen LogP contribution in [0.3, 0.4) is 0 Å². The number of hydrazine groups is 1. The van der Waals surface area contributed by atoms with E-state index in [0.29, 0.717) is 24.7 Å². The Balaban J connectivity index is 1.49. The second-order valence-corrected chi connectivity index (χ2v) is 5.91. The molecular weight excluding hydrogens is 367 g/mol. The Morgan fingerprint density at radius 3 is 2.64 bits per heavy atom. The molecule has 2 N–H and O–H groups in total. The first-order valence-corrected chi connectivity index (χ1v) is 8.61. The maximum Gasteiger partial charge on any atom is 0.279 e. The highest BCUT2D eigenvalue weighted by molar-refractivity contribution is 5.93. The van der Waals surface area contributed by atoms with Crippen molar-refractivity contribution in [1.29, 1.82) is 0 Å². The molecule has 1 aliphatic rings. The minimum absolute atomic E-state index is 0.0463. The number of para-hydroxylation sites is 1. The Labute approximate surface area is 161 Å². The Hall–Kier alpha value is -3.55. The van der Waals surface area contributed by atoms with Gasteiger partial charge < -0.3 is 14.2 Å². The predicted molar refractivity (Wildman–Crippen MR) is 99.2 cm³/mol. The smallest absolute Gasteiger partial charge is 0.279 e. The summed E-state index contributed by atoms with van der Waals surface area (Å²) in [5, 5.41) is 0. The molecule has 1 atom stereocenters. The van der Waals surface area contributed by atoms with Gasteiger partial charge in [0.05, 0.1) is 0 Å². The van der Waals surface area contributed by atoms with Crippen molar-refractivity contribution in [2.75, 3.05) is 13.2 Å². The third kappa shape index (κ3) is 5.00. The molecule has 3 rings (SSSR count). The van der Waals surface area contributed by atoms with Crippen molar-refractivity contribution >= 4 is 17.9 Å². The zero-order valence-corrected chi connectivity index (χ0v) is 15.1. The first-order valence-electron chi connectivity index (χ1n) is 8.61. The molecule has 0 fully saturated rings. The van der Waals surface area contributed by atoms with Gasteiger partial charge in [-0.05, 0) is 42.8 Å². The lowest BCUT2D eigenvalue weighted by molar-refractivity contribution is -0.131. The maximum absolute atomic E-state index is 13.5. The van der Waals surface area contributed by atoms with Crippen LogP contribution < -0.4 is 25.1 Å². The highest BCUT2D eigenvalue weighted by atomic mass is 19.1. The molecule has 0 spiro atoms. The minimum atomic E-state index is -1.00. The Morgan fingerprint density at radius 1 is 1.11 bits per heavy atom. The molecule has 2 aromatic carbocycles. The molecule has 2 aromatic rings. The summed E-state index contributed by atoms with van der Waals surface area (Å²) in [4.78, 5) is 23.8. The number of hydrogen-bond acceptors (Lipinski definition) is 5. The van der Waals surface area contributed by atoms with Gasteiger partial charge in [0.2, 0.25) is 0 Å². The third-order valence-electron chi connectivity index (χ3n) is 3.81. The Bertz CT molecular complexity index is 900. The van der Waals surface area contributed by atoms with Crippen molar-refractivity contribution in [1.82, 2.24) is 10.9 Å². The fourth-order valence-electron chi connectivity index (χ4n) is 2.39. The van der Waals surface area contributed by atoms with Gasteiger partial charge in [-0.1, -0.05) is 18.2 Å². The normalized spacial score (nSPS) is 13.6. The van der Waals surface area contributed by atoms with Gasteiger partial charge in [-0.2, -0.15) is 0 Å². The molecule has 0 saturated heterocycles. The van der Waals surface area contributed by atoms with Gasteiger partial charge in [-0.15, -0.1) is 0 Å². The average molecular weight is 386 g/mol. The van der Waals surface area contributed by atoms with E-state index < -0.39 is 23.7 Å². The van der Waals surface area contributed by atoms with Crippen molar-refractivity contribution in [2.45, 2.75) is 13.0 Å². The molecule has 0 saturated carbocycles. The Morgan fingerprint density at radius 2 is 1.86 bits per heavy atom. The van der Waals surface area contributed by atoms with Gasteiger partial charge in [-0.3, -0.25) is 20.4 Å². The average Bonchev–Trinajstić information content (AvgIpc) is 2.71. The monoisotopic (exact) mass is 386 g/mol. The first kappa shape index (κ1) is 19.2. The highest BCUT2D eigenvalue weighted by Crippen LogP contribution is 2.31. The summed E-state index contributed by atoms with van der Waals surface area (Å²) < 4.78 is 29.7. The molecule has 1 heterocycles. The van der Waals surface area contributed by atoms with Crippen LogP contribution in [0, 0.1) is 5.82 Å². The molecule has 146 valence electrons. The predicted octanol–water partition coefficient (Wildman–Crippen LogP) is 2.22. The van der Waals surface area contributed by atoms with Crippen LogP contribution in [0.2, 0.25) is 0 Å². The maximum atomic E-state index is 13.5. The topological polar surface area (TPSA) is 85.9 Å². The molecule has 7 nitrogen and oxygen atoms in total. The molecule has 0 aliphatic carbocycles. The molecule has 0 aromatic heterocycles. The fraction of sp³-hybridized carbons (Fsp3) is 0.200. The van der Waals surface area contributed by atoms with Gasteiger partial charge in [0.1, 0.15) is 13.2 Å². The lowest BCUT2D eigenvalue weighted by Crippen LogP contribution is -2.46. The zero-order chi connectivity index (χ0) is 19.9. The van der Waals surface area contributed by atoms with E-state index >= 15 is 0 Å². The summed E-state index contributed by atoms with van der Waals surface area (Å²) in [7, 11) is 0. The fourth-order valence-corrected chi connectivity index (χ4v) is 2.39. The standard InChI is InChI=1S/C20H19FN2O5/c1-13(28-16-5-3-2-4-15(16)21)20(25)23-22-19(24)9-7-14-6-8-17-18(12-14)27-11-10-26-17/h2-9,12-13H,10-11H2,1H3,(H,22,24)(H,23,25)/b9-7+. The Kier molecular flexibility index (Phi) is 6.11. The number of ether oxygens (including phenoxy) is 3. The molecule has 8 heteroatoms. The minimum Gasteiger partial charge on any atom is -0.486 e. The lowest BCUT2D eigenvalue weighted by atomic mass is 10.2. The number of nitrogens with one attached hydrogen (secondary N) is 2. The van der Waals surface area contributed by atoms with E-state index in [4.69, 9.17) is 14.2 Å². The quantitative estimate of drug-likeness (QED) is 0.608. The third-order valence-corrected chi connectivity index (χ3v) is 3.81. The summed E-state index contributed by atoms with van der Waals surface area (Å²) in [5.74, 6) is -0.514. The summed E-state index contributed by atoms with van der Waals surface area (Å²) in [6.45, 7) is 2.42. The summed E-state index contributed by atoms with van der Waals surface area (Å²) in [6, 6.07) is 11.0. The summed E-state index contributed by atoms with van der Waals surface area (Å²) in [5.41, 5.74) is 5.21. The van der Waals surface area contributed by atoms with E-state index in [9.17, 15) is 14.0 Å². The number of carbonyl (C=O) groups excluding carboxylic acids is 2. The van der Waals surface area contributed by atoms with E-state index in [1.54, 1.807) is 30.3 Å². The second kappa shape index (κ2) is 8.90. The van der Waals surface area contributed by atoms with Crippen LogP contribution in [0.1, 0.15) is 12.5 Å². The summed E-state index contributed by atoms with van der Waals surface area (Å²) in [6.07, 6.45) is 1.83. The molecule has 0 radical (unpaired) electrons. The molecule has 0 bridgehead atoms. The number of fused-ring (bicyclic) bond motifs is 1. The number of hydrogen-bond donors (Lipinski definition) is 2. The van der Waals surface area contributed by atoms with Crippen LogP contribution in [-0.4, -0.2) is 31.1 Å². The van der Waals surface area contributed by atoms with Crippen LogP contribution >= 0.6 is 0 Å². The van der Waals surface area contributed by atoms with Crippen LogP contribution in [0.5, 0.6) is 17.2 Å². The van der Waals surface area contributed by atoms with Crippen molar-refractivity contribution in [2.24, 2.45) is 0 Å². The largest absolute Gasteiger partial charge is 0.486 e. The van der Waals surface area contributed by atoms with Gasteiger partial charge in [0, 0.05) is 6.08 Å². The van der Waals surface area contributed by atoms with Gasteiger partial charge in [-0.25, -0.2) is 4.39 Å². The number of carbonyl (C=O) groups is 2. The number of amides is 2. The SMILES string of the molecule is CC(Oc1ccccc1F)C(=O)NNC(=O)/C=C/c1ccc2c(c1)OCCO2. The molecular formula is C20H19FN2O5. The molecule has 1 aliphatic heterocycles. The second-order valence-electron chi connectivity index (χ2n) is 5.91. The van der Waals surface area contributed by atoms with Gasteiger partial charge in [0.25, 0.3) is 11.8 Å². The first-order chi connectivity index (χ1) is 13.5. The summed E-state index contributed by atoms with van der Waals surface area (Å²) >= 11 is 0. The molecule has 2 amide bonds. The molecule has 1 unspecified atom stereocenters. The van der Waals surface area contributed by atoms with Gasteiger partial charge in [0.15, 0.2) is 29.2 Å². The van der Waals surface area contributed by atoms with E-state index in [1.165, 1.54) is 31.2 Å². The highest BCUT2D eigenvalue weighted by Gasteiger charge is 2.16. The van der Waals surface area contributed by atoms with E-state index in [-0.39, 0.29) is 5.75 Å². The number of halogens is 1. The van der Waals surface area contributed by atoms with Crippen molar-refractivity contribution < 1.29 is 28.2 Å².